The fourth-order valence-electron chi connectivity index (χ4n) is 1.51. The lowest BCUT2D eigenvalue weighted by molar-refractivity contribution is 0.158. The van der Waals surface area contributed by atoms with Crippen LogP contribution >= 0.6 is 11.6 Å². The van der Waals surface area contributed by atoms with Crippen molar-refractivity contribution in [3.8, 4) is 0 Å². The molecule has 0 amide bonds. The number of methoxy groups -OCH3 is 1. The van der Waals surface area contributed by atoms with Crippen LogP contribution in [-0.4, -0.2) is 49.7 Å². The summed E-state index contributed by atoms with van der Waals surface area (Å²) in [5, 5.41) is 12.6. The molecule has 104 valence electrons. The maximum Gasteiger partial charge on any atom is 0.259 e. The van der Waals surface area contributed by atoms with Crippen LogP contribution in [0.15, 0.2) is 11.2 Å². The topological polar surface area (TPSA) is 93.4 Å². The van der Waals surface area contributed by atoms with Gasteiger partial charge >= 0.3 is 0 Å². The van der Waals surface area contributed by atoms with Crippen LogP contribution in [0.3, 0.4) is 0 Å². The predicted molar refractivity (Wildman–Crippen MR) is 65.9 cm³/mol. The molecule has 18 heavy (non-hydrogen) atoms. The smallest absolute Gasteiger partial charge is 0.259 e. The molecule has 1 aromatic heterocycles. The predicted octanol–water partition coefficient (Wildman–Crippen LogP) is -0.251. The van der Waals surface area contributed by atoms with Gasteiger partial charge in [-0.1, -0.05) is 11.6 Å². The van der Waals surface area contributed by atoms with Crippen molar-refractivity contribution in [1.29, 1.82) is 0 Å². The van der Waals surface area contributed by atoms with E-state index in [1.165, 1.54) is 25.0 Å². The van der Waals surface area contributed by atoms with Crippen LogP contribution in [0.25, 0.3) is 0 Å². The van der Waals surface area contributed by atoms with Crippen LogP contribution < -0.4 is 4.72 Å². The van der Waals surface area contributed by atoms with Crippen LogP contribution in [-0.2, 0) is 21.8 Å². The van der Waals surface area contributed by atoms with E-state index in [9.17, 15) is 8.42 Å². The van der Waals surface area contributed by atoms with Crippen molar-refractivity contribution in [3.63, 3.8) is 0 Å². The molecule has 1 rings (SSSR count). The van der Waals surface area contributed by atoms with E-state index in [-0.39, 0.29) is 29.7 Å². The third-order valence-electron chi connectivity index (χ3n) is 2.26. The van der Waals surface area contributed by atoms with E-state index in [2.05, 4.69) is 9.82 Å². The highest BCUT2D eigenvalue weighted by Crippen LogP contribution is 2.20. The zero-order valence-corrected chi connectivity index (χ0v) is 11.7. The summed E-state index contributed by atoms with van der Waals surface area (Å²) in [6.07, 6.45) is 1.51. The molecule has 0 aliphatic carbocycles. The van der Waals surface area contributed by atoms with Gasteiger partial charge < -0.3 is 9.84 Å². The van der Waals surface area contributed by atoms with Gasteiger partial charge in [0.15, 0.2) is 5.03 Å². The Kier molecular flexibility index (Phi) is 5.54. The van der Waals surface area contributed by atoms with Crippen molar-refractivity contribution in [2.24, 2.45) is 7.05 Å². The molecule has 1 atom stereocenters. The van der Waals surface area contributed by atoms with Crippen LogP contribution in [0, 0.1) is 0 Å². The second kappa shape index (κ2) is 6.48. The second-order valence-electron chi connectivity index (χ2n) is 3.71. The molecular formula is C9H16ClN3O4S. The molecule has 0 radical (unpaired) electrons. The molecule has 1 aromatic rings. The van der Waals surface area contributed by atoms with Crippen LogP contribution in [0.5, 0.6) is 0 Å². The molecule has 9 heteroatoms. The first-order chi connectivity index (χ1) is 8.42. The summed E-state index contributed by atoms with van der Waals surface area (Å²) >= 11 is 5.78. The fourth-order valence-corrected chi connectivity index (χ4v) is 3.42. The maximum absolute atomic E-state index is 12.1. The Bertz CT molecular complexity index is 463. The van der Waals surface area contributed by atoms with Gasteiger partial charge in [0.1, 0.15) is 0 Å². The van der Waals surface area contributed by atoms with Crippen molar-refractivity contribution >= 4 is 21.6 Å². The average molecular weight is 298 g/mol. The van der Waals surface area contributed by atoms with E-state index in [4.69, 9.17) is 21.4 Å². The van der Waals surface area contributed by atoms with E-state index in [1.807, 2.05) is 0 Å². The third kappa shape index (κ3) is 3.66. The quantitative estimate of drug-likeness (QED) is 0.724. The van der Waals surface area contributed by atoms with Crippen molar-refractivity contribution < 1.29 is 18.3 Å². The van der Waals surface area contributed by atoms with Gasteiger partial charge in [0.25, 0.3) is 10.0 Å². The zero-order chi connectivity index (χ0) is 13.8. The second-order valence-corrected chi connectivity index (χ2v) is 5.74. The number of hydrogen-bond acceptors (Lipinski definition) is 5. The molecule has 7 nitrogen and oxygen atoms in total. The molecule has 2 N–H and O–H groups in total. The lowest BCUT2D eigenvalue weighted by Crippen LogP contribution is -2.39. The monoisotopic (exact) mass is 297 g/mol. The minimum atomic E-state index is -3.79. The first-order valence-corrected chi connectivity index (χ1v) is 7.08. The SMILES string of the molecule is COCC(CCO)NS(=O)(=O)c1c(Cl)cnn1C. The number of halogens is 1. The van der Waals surface area contributed by atoms with Crippen LogP contribution in [0.1, 0.15) is 6.42 Å². The highest BCUT2D eigenvalue weighted by atomic mass is 35.5. The van der Waals surface area contributed by atoms with Gasteiger partial charge in [-0.3, -0.25) is 4.68 Å². The Morgan fingerprint density at radius 2 is 2.33 bits per heavy atom. The Morgan fingerprint density at radius 3 is 2.78 bits per heavy atom. The lowest BCUT2D eigenvalue weighted by atomic mass is 10.2. The summed E-state index contributed by atoms with van der Waals surface area (Å²) in [4.78, 5) is 0. The number of aromatic nitrogens is 2. The normalized spacial score (nSPS) is 13.8. The summed E-state index contributed by atoms with van der Waals surface area (Å²) in [6.45, 7) is 0.0188. The van der Waals surface area contributed by atoms with Gasteiger partial charge in [-0.2, -0.15) is 5.10 Å². The highest BCUT2D eigenvalue weighted by Gasteiger charge is 2.25. The molecule has 0 saturated carbocycles. The Balaban J connectivity index is 2.93. The van der Waals surface area contributed by atoms with Crippen LogP contribution in [0.2, 0.25) is 5.02 Å². The molecule has 0 bridgehead atoms. The number of nitrogens with one attached hydrogen (secondary N) is 1. The van der Waals surface area contributed by atoms with Gasteiger partial charge in [0.2, 0.25) is 0 Å². The number of aryl methyl sites for hydroxylation is 1. The van der Waals surface area contributed by atoms with Gasteiger partial charge in [-0.25, -0.2) is 13.1 Å². The Morgan fingerprint density at radius 1 is 1.67 bits per heavy atom. The number of hydrogen-bond donors (Lipinski definition) is 2. The van der Waals surface area contributed by atoms with E-state index in [0.717, 1.165) is 0 Å². The largest absolute Gasteiger partial charge is 0.396 e. The van der Waals surface area contributed by atoms with Crippen molar-refractivity contribution in [2.75, 3.05) is 20.3 Å². The molecule has 1 heterocycles. The number of ether oxygens (including phenoxy) is 1. The molecular weight excluding hydrogens is 282 g/mol. The summed E-state index contributed by atoms with van der Waals surface area (Å²) in [7, 11) is -0.856. The number of rotatable bonds is 7. The van der Waals surface area contributed by atoms with Crippen LogP contribution in [0.4, 0.5) is 0 Å². The number of sulfonamides is 1. The molecule has 0 aliphatic heterocycles. The van der Waals surface area contributed by atoms with Crippen molar-refractivity contribution in [2.45, 2.75) is 17.5 Å². The highest BCUT2D eigenvalue weighted by molar-refractivity contribution is 7.89. The van der Waals surface area contributed by atoms with E-state index in [1.54, 1.807) is 0 Å². The number of aliphatic hydroxyl groups is 1. The first-order valence-electron chi connectivity index (χ1n) is 5.22. The molecule has 1 unspecified atom stereocenters. The summed E-state index contributed by atoms with van der Waals surface area (Å²) in [5.74, 6) is 0. The first kappa shape index (κ1) is 15.4. The van der Waals surface area contributed by atoms with Gasteiger partial charge in [0, 0.05) is 26.8 Å². The van der Waals surface area contributed by atoms with E-state index in [0.29, 0.717) is 0 Å². The molecule has 0 saturated heterocycles. The number of aliphatic hydroxyl groups excluding tert-OH is 1. The van der Waals surface area contributed by atoms with E-state index >= 15 is 0 Å². The molecule has 0 fully saturated rings. The summed E-state index contributed by atoms with van der Waals surface area (Å²) in [5.41, 5.74) is 0. The standard InChI is InChI=1S/C9H16ClN3O4S/c1-13-9(8(10)5-11-13)18(15,16)12-7(3-4-14)6-17-2/h5,7,12,14H,3-4,6H2,1-2H3. The fraction of sp³-hybridized carbons (Fsp3) is 0.667. The van der Waals surface area contributed by atoms with Crippen molar-refractivity contribution in [3.05, 3.63) is 11.2 Å². The molecule has 0 spiro atoms. The summed E-state index contributed by atoms with van der Waals surface area (Å²) in [6, 6.07) is -0.518. The zero-order valence-electron chi connectivity index (χ0n) is 10.1. The van der Waals surface area contributed by atoms with Gasteiger partial charge in [-0.15, -0.1) is 0 Å². The van der Waals surface area contributed by atoms with E-state index < -0.39 is 16.1 Å². The number of nitrogens with zero attached hydrogens (tertiary/aromatic N) is 2. The lowest BCUT2D eigenvalue weighted by Gasteiger charge is -2.17. The maximum atomic E-state index is 12.1. The Labute approximate surface area is 111 Å². The summed E-state index contributed by atoms with van der Waals surface area (Å²) < 4.78 is 32.7. The molecule has 0 aliphatic rings. The minimum absolute atomic E-state index is 0.0464. The van der Waals surface area contributed by atoms with Gasteiger partial charge in [0.05, 0.1) is 17.8 Å². The minimum Gasteiger partial charge on any atom is -0.396 e. The third-order valence-corrected chi connectivity index (χ3v) is 4.29. The average Bonchev–Trinajstić information content (AvgIpc) is 2.59. The van der Waals surface area contributed by atoms with Crippen molar-refractivity contribution in [1.82, 2.24) is 14.5 Å². The van der Waals surface area contributed by atoms with Gasteiger partial charge in [-0.05, 0) is 6.42 Å². The molecule has 0 aromatic carbocycles. The Hall–Kier alpha value is -0.670.